The van der Waals surface area contributed by atoms with Crippen molar-refractivity contribution in [3.63, 3.8) is 0 Å². The van der Waals surface area contributed by atoms with Gasteiger partial charge in [-0.05, 0) is 27.7 Å². The fraction of sp³-hybridized carbons (Fsp3) is 1.00. The van der Waals surface area contributed by atoms with E-state index in [1.807, 2.05) is 20.8 Å². The Hall–Kier alpha value is -0.160. The van der Waals surface area contributed by atoms with E-state index in [0.29, 0.717) is 6.61 Å². The molecule has 0 saturated heterocycles. The van der Waals surface area contributed by atoms with Crippen molar-refractivity contribution in [1.82, 2.24) is 0 Å². The zero-order valence-corrected chi connectivity index (χ0v) is 9.55. The average Bonchev–Trinajstić information content (AvgIpc) is 1.84. The molecule has 0 aromatic heterocycles. The predicted octanol–water partition coefficient (Wildman–Crippen LogP) is 1.08. The molecule has 0 rings (SSSR count). The van der Waals surface area contributed by atoms with Crippen molar-refractivity contribution in [3.05, 3.63) is 0 Å². The lowest BCUT2D eigenvalue weighted by atomic mass is 10.1. The van der Waals surface area contributed by atoms with Crippen LogP contribution in [-0.2, 0) is 9.47 Å². The van der Waals surface area contributed by atoms with Crippen LogP contribution in [0.15, 0.2) is 0 Å². The summed E-state index contributed by atoms with van der Waals surface area (Å²) in [4.78, 5) is 0. The van der Waals surface area contributed by atoms with Gasteiger partial charge in [-0.15, -0.1) is 0 Å². The second-order valence-electron chi connectivity index (χ2n) is 3.90. The molecule has 0 aromatic rings. The van der Waals surface area contributed by atoms with Gasteiger partial charge in [0.15, 0.2) is 0 Å². The standard InChI is InChI=1S/C5H12O3.C4H11N/c1-4-8-5(2,6)7-3;1-4(2,3)5/h6H,4H2,1-3H3;5H2,1-3H3. The van der Waals surface area contributed by atoms with Crippen LogP contribution in [0.5, 0.6) is 0 Å². The van der Waals surface area contributed by atoms with Gasteiger partial charge in [-0.25, -0.2) is 0 Å². The van der Waals surface area contributed by atoms with Crippen LogP contribution in [0, 0.1) is 0 Å². The lowest BCUT2D eigenvalue weighted by Gasteiger charge is -2.19. The molecule has 4 nitrogen and oxygen atoms in total. The lowest BCUT2D eigenvalue weighted by Crippen LogP contribution is -2.30. The molecular formula is C9H23NO3. The third-order valence-corrected chi connectivity index (χ3v) is 0.791. The monoisotopic (exact) mass is 193 g/mol. The molecule has 0 aromatic carbocycles. The van der Waals surface area contributed by atoms with E-state index in [-0.39, 0.29) is 5.54 Å². The van der Waals surface area contributed by atoms with Gasteiger partial charge < -0.3 is 20.3 Å². The van der Waals surface area contributed by atoms with E-state index in [2.05, 4.69) is 4.74 Å². The number of ether oxygens (including phenoxy) is 2. The zero-order valence-electron chi connectivity index (χ0n) is 9.55. The van der Waals surface area contributed by atoms with Crippen molar-refractivity contribution in [2.24, 2.45) is 5.73 Å². The van der Waals surface area contributed by atoms with Gasteiger partial charge in [-0.3, -0.25) is 0 Å². The molecule has 1 atom stereocenters. The van der Waals surface area contributed by atoms with Crippen LogP contribution in [0.3, 0.4) is 0 Å². The third kappa shape index (κ3) is 24.5. The van der Waals surface area contributed by atoms with Crippen molar-refractivity contribution in [2.45, 2.75) is 46.1 Å². The van der Waals surface area contributed by atoms with Crippen molar-refractivity contribution < 1.29 is 14.6 Å². The Morgan fingerprint density at radius 2 is 1.54 bits per heavy atom. The molecule has 0 radical (unpaired) electrons. The van der Waals surface area contributed by atoms with Crippen molar-refractivity contribution in [1.29, 1.82) is 0 Å². The van der Waals surface area contributed by atoms with E-state index in [1.54, 1.807) is 6.92 Å². The highest BCUT2D eigenvalue weighted by Gasteiger charge is 2.17. The molecule has 0 aliphatic heterocycles. The molecule has 0 fully saturated rings. The van der Waals surface area contributed by atoms with Crippen molar-refractivity contribution in [3.8, 4) is 0 Å². The third-order valence-electron chi connectivity index (χ3n) is 0.791. The highest BCUT2D eigenvalue weighted by molar-refractivity contribution is 4.60. The summed E-state index contributed by atoms with van der Waals surface area (Å²) in [5.74, 6) is -1.41. The Labute approximate surface area is 81.0 Å². The van der Waals surface area contributed by atoms with Crippen molar-refractivity contribution in [2.75, 3.05) is 13.7 Å². The Bertz CT molecular complexity index is 113. The van der Waals surface area contributed by atoms with Crippen molar-refractivity contribution >= 4 is 0 Å². The van der Waals surface area contributed by atoms with E-state index >= 15 is 0 Å². The minimum Gasteiger partial charge on any atom is -0.344 e. The molecule has 0 aliphatic rings. The molecule has 4 heteroatoms. The van der Waals surface area contributed by atoms with Crippen LogP contribution in [-0.4, -0.2) is 30.3 Å². The van der Waals surface area contributed by atoms with Gasteiger partial charge in [0.25, 0.3) is 5.97 Å². The molecular weight excluding hydrogens is 170 g/mol. The Balaban J connectivity index is 0. The lowest BCUT2D eigenvalue weighted by molar-refractivity contribution is -0.336. The zero-order chi connectivity index (χ0) is 11.1. The molecule has 0 amide bonds. The van der Waals surface area contributed by atoms with Crippen LogP contribution in [0.1, 0.15) is 34.6 Å². The van der Waals surface area contributed by atoms with E-state index in [4.69, 9.17) is 15.6 Å². The van der Waals surface area contributed by atoms with Crippen LogP contribution in [0.25, 0.3) is 0 Å². The summed E-state index contributed by atoms with van der Waals surface area (Å²) in [5, 5.41) is 8.88. The summed E-state index contributed by atoms with van der Waals surface area (Å²) in [7, 11) is 1.38. The van der Waals surface area contributed by atoms with Crippen LogP contribution in [0.4, 0.5) is 0 Å². The minimum absolute atomic E-state index is 0. The maximum atomic E-state index is 8.88. The van der Waals surface area contributed by atoms with Gasteiger partial charge in [0.2, 0.25) is 0 Å². The van der Waals surface area contributed by atoms with Gasteiger partial charge in [-0.1, -0.05) is 0 Å². The SMILES string of the molecule is CC(C)(C)N.CCOC(C)(O)OC. The Kier molecular flexibility index (Phi) is 7.44. The summed E-state index contributed by atoms with van der Waals surface area (Å²) in [6, 6.07) is 0. The molecule has 1 unspecified atom stereocenters. The molecule has 82 valence electrons. The van der Waals surface area contributed by atoms with Crippen LogP contribution in [0.2, 0.25) is 0 Å². The number of hydrogen-bond donors (Lipinski definition) is 2. The first-order valence-corrected chi connectivity index (χ1v) is 4.32. The molecule has 0 heterocycles. The largest absolute Gasteiger partial charge is 0.344 e. The first-order valence-electron chi connectivity index (χ1n) is 4.32. The molecule has 13 heavy (non-hydrogen) atoms. The normalized spacial score (nSPS) is 15.7. The quantitative estimate of drug-likeness (QED) is 0.658. The summed E-state index contributed by atoms with van der Waals surface area (Å²) in [5.41, 5.74) is 5.35. The van der Waals surface area contributed by atoms with E-state index in [9.17, 15) is 0 Å². The maximum Gasteiger partial charge on any atom is 0.277 e. The highest BCUT2D eigenvalue weighted by Crippen LogP contribution is 2.03. The first kappa shape index (κ1) is 15.3. The molecule has 0 spiro atoms. The predicted molar refractivity (Wildman–Crippen MR) is 53.2 cm³/mol. The number of nitrogens with two attached hydrogens (primary N) is 1. The van der Waals surface area contributed by atoms with E-state index in [0.717, 1.165) is 0 Å². The van der Waals surface area contributed by atoms with Crippen LogP contribution < -0.4 is 5.73 Å². The number of methoxy groups -OCH3 is 1. The fourth-order valence-electron chi connectivity index (χ4n) is 0.327. The average molecular weight is 193 g/mol. The molecule has 0 bridgehead atoms. The Morgan fingerprint density at radius 3 is 1.62 bits per heavy atom. The number of aliphatic hydroxyl groups is 1. The highest BCUT2D eigenvalue weighted by atomic mass is 16.8. The maximum absolute atomic E-state index is 8.88. The number of rotatable bonds is 3. The second kappa shape index (κ2) is 6.32. The van der Waals surface area contributed by atoms with Gasteiger partial charge in [0.05, 0.1) is 0 Å². The van der Waals surface area contributed by atoms with Crippen LogP contribution >= 0.6 is 0 Å². The smallest absolute Gasteiger partial charge is 0.277 e. The summed E-state index contributed by atoms with van der Waals surface area (Å²) >= 11 is 0. The molecule has 0 aliphatic carbocycles. The molecule has 3 N–H and O–H groups in total. The topological polar surface area (TPSA) is 64.7 Å². The van der Waals surface area contributed by atoms with Gasteiger partial charge >= 0.3 is 0 Å². The first-order chi connectivity index (χ1) is 5.62. The van der Waals surface area contributed by atoms with Gasteiger partial charge in [-0.2, -0.15) is 0 Å². The number of hydrogen-bond acceptors (Lipinski definition) is 4. The minimum atomic E-state index is -1.41. The van der Waals surface area contributed by atoms with Gasteiger partial charge in [0, 0.05) is 26.2 Å². The van der Waals surface area contributed by atoms with E-state index < -0.39 is 5.97 Å². The molecule has 0 saturated carbocycles. The fourth-order valence-corrected chi connectivity index (χ4v) is 0.327. The second-order valence-corrected chi connectivity index (χ2v) is 3.90. The van der Waals surface area contributed by atoms with E-state index in [1.165, 1.54) is 14.0 Å². The Morgan fingerprint density at radius 1 is 1.23 bits per heavy atom. The summed E-state index contributed by atoms with van der Waals surface area (Å²) in [6.07, 6.45) is 0. The summed E-state index contributed by atoms with van der Waals surface area (Å²) < 4.78 is 9.22. The summed E-state index contributed by atoms with van der Waals surface area (Å²) in [6.45, 7) is 9.57. The van der Waals surface area contributed by atoms with Gasteiger partial charge in [0.1, 0.15) is 0 Å².